The van der Waals surface area contributed by atoms with Gasteiger partial charge in [0.2, 0.25) is 5.95 Å². The van der Waals surface area contributed by atoms with E-state index >= 15 is 0 Å². The second-order valence-corrected chi connectivity index (χ2v) is 8.00. The second kappa shape index (κ2) is 9.25. The number of anilines is 2. The molecule has 168 valence electrons. The summed E-state index contributed by atoms with van der Waals surface area (Å²) < 4.78 is 2.16. The van der Waals surface area contributed by atoms with E-state index in [1.165, 1.54) is 11.5 Å². The zero-order chi connectivity index (χ0) is 23.5. The van der Waals surface area contributed by atoms with Crippen LogP contribution in [-0.4, -0.2) is 30.2 Å². The van der Waals surface area contributed by atoms with Gasteiger partial charge in [-0.1, -0.05) is 29.8 Å². The van der Waals surface area contributed by atoms with Crippen LogP contribution in [0.1, 0.15) is 24.9 Å². The Bertz CT molecular complexity index is 1450. The van der Waals surface area contributed by atoms with Crippen LogP contribution in [-0.2, 0) is 11.3 Å². The molecule has 33 heavy (non-hydrogen) atoms. The Kier molecular flexibility index (Phi) is 6.23. The molecule has 0 saturated heterocycles. The van der Waals surface area contributed by atoms with Crippen molar-refractivity contribution in [1.29, 1.82) is 0 Å². The SMILES string of the molecule is C[C@@H](CC(=O)O)n1c(=O)nc(Nc2ccc3ncccc3c2)n(Cc2ccc(Cl)cc2)c1=O. The summed E-state index contributed by atoms with van der Waals surface area (Å²) in [7, 11) is 0. The van der Waals surface area contributed by atoms with Crippen LogP contribution in [0.5, 0.6) is 0 Å². The minimum Gasteiger partial charge on any atom is -0.481 e. The maximum Gasteiger partial charge on any atom is 0.355 e. The molecule has 0 saturated carbocycles. The van der Waals surface area contributed by atoms with Gasteiger partial charge >= 0.3 is 17.3 Å². The van der Waals surface area contributed by atoms with E-state index in [4.69, 9.17) is 16.7 Å². The molecule has 4 aromatic rings. The average molecular weight is 466 g/mol. The van der Waals surface area contributed by atoms with Gasteiger partial charge in [-0.2, -0.15) is 4.98 Å². The summed E-state index contributed by atoms with van der Waals surface area (Å²) in [5.74, 6) is -1.08. The van der Waals surface area contributed by atoms with Crippen LogP contribution < -0.4 is 16.7 Å². The lowest BCUT2D eigenvalue weighted by molar-refractivity contribution is -0.137. The van der Waals surface area contributed by atoms with Crippen molar-refractivity contribution in [2.45, 2.75) is 25.9 Å². The highest BCUT2D eigenvalue weighted by atomic mass is 35.5. The van der Waals surface area contributed by atoms with Crippen molar-refractivity contribution in [3.63, 3.8) is 0 Å². The number of carbonyl (C=O) groups is 1. The van der Waals surface area contributed by atoms with Crippen LogP contribution in [0.25, 0.3) is 10.9 Å². The van der Waals surface area contributed by atoms with Crippen LogP contribution in [0.3, 0.4) is 0 Å². The predicted molar refractivity (Wildman–Crippen MR) is 125 cm³/mol. The summed E-state index contributed by atoms with van der Waals surface area (Å²) in [6, 6.07) is 15.2. The first kappa shape index (κ1) is 22.2. The molecule has 9 nitrogen and oxygen atoms in total. The smallest absolute Gasteiger partial charge is 0.355 e. The molecule has 0 radical (unpaired) electrons. The summed E-state index contributed by atoms with van der Waals surface area (Å²) in [5.41, 5.74) is 0.676. The van der Waals surface area contributed by atoms with E-state index in [0.717, 1.165) is 21.0 Å². The standard InChI is InChI=1S/C23H20ClN5O4/c1-14(11-20(30)31)29-22(32)27-21(26-18-8-9-19-16(12-18)3-2-10-25-19)28(23(29)33)13-15-4-6-17(24)7-5-15/h2-10,12,14H,11,13H2,1H3,(H,30,31)(H,26,27,32)/t14-/m0/s1. The number of carboxylic acids is 1. The number of benzene rings is 2. The fraction of sp³-hybridized carbons (Fsp3) is 0.174. The Morgan fingerprint density at radius 1 is 1.15 bits per heavy atom. The van der Waals surface area contributed by atoms with Gasteiger partial charge < -0.3 is 10.4 Å². The molecule has 1 atom stereocenters. The third-order valence-electron chi connectivity index (χ3n) is 5.12. The Labute approximate surface area is 192 Å². The van der Waals surface area contributed by atoms with E-state index in [2.05, 4.69) is 15.3 Å². The first-order chi connectivity index (χ1) is 15.8. The van der Waals surface area contributed by atoms with E-state index in [1.54, 1.807) is 36.5 Å². The minimum atomic E-state index is -1.12. The average Bonchev–Trinajstić information content (AvgIpc) is 2.77. The third kappa shape index (κ3) is 4.93. The molecule has 0 amide bonds. The molecule has 0 aliphatic heterocycles. The molecule has 0 unspecified atom stereocenters. The zero-order valence-electron chi connectivity index (χ0n) is 17.6. The Balaban J connectivity index is 1.81. The minimum absolute atomic E-state index is 0.0435. The highest BCUT2D eigenvalue weighted by Gasteiger charge is 2.20. The number of pyridine rings is 1. The topological polar surface area (TPSA) is 119 Å². The number of halogens is 1. The number of rotatable bonds is 7. The van der Waals surface area contributed by atoms with Crippen molar-refractivity contribution in [2.75, 3.05) is 5.32 Å². The first-order valence-corrected chi connectivity index (χ1v) is 10.5. The lowest BCUT2D eigenvalue weighted by Crippen LogP contribution is -2.44. The van der Waals surface area contributed by atoms with E-state index < -0.39 is 23.4 Å². The van der Waals surface area contributed by atoms with Gasteiger partial charge in [-0.05, 0) is 48.9 Å². The van der Waals surface area contributed by atoms with Gasteiger partial charge in [-0.3, -0.25) is 14.3 Å². The first-order valence-electron chi connectivity index (χ1n) is 10.1. The van der Waals surface area contributed by atoms with Crippen LogP contribution in [0, 0.1) is 0 Å². The van der Waals surface area contributed by atoms with Crippen molar-refractivity contribution in [3.8, 4) is 0 Å². The molecule has 0 fully saturated rings. The van der Waals surface area contributed by atoms with E-state index in [1.807, 2.05) is 24.3 Å². The zero-order valence-corrected chi connectivity index (χ0v) is 18.4. The molecule has 2 N–H and O–H groups in total. The number of carboxylic acid groups (broad SMARTS) is 1. The number of aromatic nitrogens is 4. The molecular weight excluding hydrogens is 446 g/mol. The summed E-state index contributed by atoms with van der Waals surface area (Å²) in [6.07, 6.45) is 1.31. The van der Waals surface area contributed by atoms with E-state index in [9.17, 15) is 14.4 Å². The van der Waals surface area contributed by atoms with Gasteiger partial charge in [-0.25, -0.2) is 14.2 Å². The molecule has 0 aliphatic carbocycles. The van der Waals surface area contributed by atoms with Gasteiger partial charge in [-0.15, -0.1) is 0 Å². The van der Waals surface area contributed by atoms with Crippen molar-refractivity contribution >= 4 is 40.1 Å². The molecule has 2 heterocycles. The van der Waals surface area contributed by atoms with Gasteiger partial charge in [0.1, 0.15) is 0 Å². The molecule has 2 aromatic carbocycles. The van der Waals surface area contributed by atoms with Gasteiger partial charge in [0.15, 0.2) is 0 Å². The molecular formula is C23H20ClN5O4. The summed E-state index contributed by atoms with van der Waals surface area (Å²) >= 11 is 5.97. The Morgan fingerprint density at radius 3 is 2.64 bits per heavy atom. The van der Waals surface area contributed by atoms with Crippen molar-refractivity contribution < 1.29 is 9.90 Å². The van der Waals surface area contributed by atoms with Crippen LogP contribution >= 0.6 is 11.6 Å². The molecule has 10 heteroatoms. The number of hydrogen-bond acceptors (Lipinski definition) is 6. The van der Waals surface area contributed by atoms with Crippen LogP contribution in [0.2, 0.25) is 5.02 Å². The van der Waals surface area contributed by atoms with E-state index in [0.29, 0.717) is 10.7 Å². The molecule has 2 aromatic heterocycles. The monoisotopic (exact) mass is 465 g/mol. The maximum absolute atomic E-state index is 13.3. The second-order valence-electron chi connectivity index (χ2n) is 7.57. The maximum atomic E-state index is 13.3. The summed E-state index contributed by atoms with van der Waals surface area (Å²) in [6.45, 7) is 1.59. The fourth-order valence-electron chi connectivity index (χ4n) is 3.52. The van der Waals surface area contributed by atoms with Crippen LogP contribution in [0.4, 0.5) is 11.6 Å². The predicted octanol–water partition coefficient (Wildman–Crippen LogP) is 3.43. The largest absolute Gasteiger partial charge is 0.481 e. The van der Waals surface area contributed by atoms with Crippen molar-refractivity contribution in [2.24, 2.45) is 0 Å². The molecule has 0 bridgehead atoms. The van der Waals surface area contributed by atoms with Gasteiger partial charge in [0.25, 0.3) is 0 Å². The lowest BCUT2D eigenvalue weighted by atomic mass is 10.2. The van der Waals surface area contributed by atoms with Crippen molar-refractivity contribution in [3.05, 3.63) is 92.3 Å². The molecule has 0 spiro atoms. The van der Waals surface area contributed by atoms with Crippen LogP contribution in [0.15, 0.2) is 70.4 Å². The van der Waals surface area contributed by atoms with E-state index in [-0.39, 0.29) is 18.9 Å². The number of fused-ring (bicyclic) bond motifs is 1. The molecule has 4 rings (SSSR count). The number of nitrogens with zero attached hydrogens (tertiary/aromatic N) is 4. The highest BCUT2D eigenvalue weighted by Crippen LogP contribution is 2.20. The quantitative estimate of drug-likeness (QED) is 0.429. The lowest BCUT2D eigenvalue weighted by Gasteiger charge is -2.18. The normalized spacial score (nSPS) is 11.9. The Morgan fingerprint density at radius 2 is 1.91 bits per heavy atom. The number of hydrogen-bond donors (Lipinski definition) is 2. The van der Waals surface area contributed by atoms with Gasteiger partial charge in [0.05, 0.1) is 24.5 Å². The third-order valence-corrected chi connectivity index (χ3v) is 5.38. The van der Waals surface area contributed by atoms with Crippen molar-refractivity contribution in [1.82, 2.24) is 19.1 Å². The Hall–Kier alpha value is -3.98. The molecule has 0 aliphatic rings. The summed E-state index contributed by atoms with van der Waals surface area (Å²) in [4.78, 5) is 45.6. The number of aliphatic carboxylic acids is 1. The van der Waals surface area contributed by atoms with Gasteiger partial charge in [0, 0.05) is 22.3 Å². The summed E-state index contributed by atoms with van der Waals surface area (Å²) in [5, 5.41) is 13.6. The number of nitrogens with one attached hydrogen (secondary N) is 1. The fourth-order valence-corrected chi connectivity index (χ4v) is 3.65. The highest BCUT2D eigenvalue weighted by molar-refractivity contribution is 6.30.